The average Bonchev–Trinajstić information content (AvgIpc) is 2.67. The molecular weight excluding hydrogens is 352 g/mol. The number of aliphatic hydroxyl groups excluding tert-OH is 1. The summed E-state index contributed by atoms with van der Waals surface area (Å²) in [6, 6.07) is 9.58. The van der Waals surface area contributed by atoms with Gasteiger partial charge >= 0.3 is 5.97 Å². The van der Waals surface area contributed by atoms with Gasteiger partial charge in [0, 0.05) is 6.08 Å². The smallest absolute Gasteiger partial charge is 0.328 e. The van der Waals surface area contributed by atoms with Gasteiger partial charge in [-0.1, -0.05) is 24.3 Å². The Balaban J connectivity index is 0.000000271. The molecule has 7 heteroatoms. The van der Waals surface area contributed by atoms with Crippen molar-refractivity contribution >= 4 is 18.1 Å². The first-order chi connectivity index (χ1) is 12.9. The minimum absolute atomic E-state index is 0.00317. The maximum absolute atomic E-state index is 10.2. The molecule has 0 unspecified atom stereocenters. The van der Waals surface area contributed by atoms with Crippen LogP contribution < -0.4 is 9.47 Å². The molecule has 27 heavy (non-hydrogen) atoms. The maximum Gasteiger partial charge on any atom is 0.328 e. The molecule has 0 aromatic heterocycles. The summed E-state index contributed by atoms with van der Waals surface area (Å²) < 4.78 is 9.78. The van der Waals surface area contributed by atoms with Crippen LogP contribution in [0.5, 0.6) is 23.0 Å². The molecule has 0 atom stereocenters. The fraction of sp³-hybridized carbons (Fsp3) is 0.150. The van der Waals surface area contributed by atoms with E-state index in [9.17, 15) is 15.0 Å². The number of rotatable bonds is 6. The van der Waals surface area contributed by atoms with Crippen LogP contribution in [0, 0.1) is 0 Å². The normalized spacial score (nSPS) is 10.5. The summed E-state index contributed by atoms with van der Waals surface area (Å²) in [5, 5.41) is 35.4. The van der Waals surface area contributed by atoms with Gasteiger partial charge in [-0.15, -0.1) is 0 Å². The van der Waals surface area contributed by atoms with Gasteiger partial charge in [0.2, 0.25) is 0 Å². The van der Waals surface area contributed by atoms with Gasteiger partial charge < -0.3 is 29.9 Å². The lowest BCUT2D eigenvalue weighted by Gasteiger charge is -2.03. The van der Waals surface area contributed by atoms with Crippen molar-refractivity contribution in [1.29, 1.82) is 0 Å². The number of aliphatic carboxylic acids is 1. The standard InChI is InChI=1S/C10H10O4.C10H12O3/c1-14-9-6-7(2-4-8(9)11)3-5-10(12)13;1-13-10-7-8(3-2-6-11)4-5-9(10)12/h2-6,11H,1H3,(H,12,13);2-5,7,11-12H,6H2,1H3. The van der Waals surface area contributed by atoms with E-state index in [2.05, 4.69) is 0 Å². The number of methoxy groups -OCH3 is 2. The number of benzene rings is 2. The minimum Gasteiger partial charge on any atom is -0.504 e. The van der Waals surface area contributed by atoms with Crippen molar-refractivity contribution in [2.24, 2.45) is 0 Å². The average molecular weight is 374 g/mol. The Morgan fingerprint density at radius 3 is 1.81 bits per heavy atom. The Hall–Kier alpha value is -3.45. The van der Waals surface area contributed by atoms with Crippen molar-refractivity contribution in [2.75, 3.05) is 20.8 Å². The Labute approximate surface area is 157 Å². The summed E-state index contributed by atoms with van der Waals surface area (Å²) in [6.45, 7) is 0.00317. The molecule has 2 aromatic rings. The second-order valence-electron chi connectivity index (χ2n) is 5.12. The summed E-state index contributed by atoms with van der Waals surface area (Å²) >= 11 is 0. The molecule has 0 aliphatic heterocycles. The van der Waals surface area contributed by atoms with Crippen molar-refractivity contribution in [3.63, 3.8) is 0 Å². The number of phenols is 2. The van der Waals surface area contributed by atoms with E-state index in [-0.39, 0.29) is 18.1 Å². The molecule has 7 nitrogen and oxygen atoms in total. The van der Waals surface area contributed by atoms with Gasteiger partial charge in [-0.2, -0.15) is 0 Å². The first kappa shape index (κ1) is 21.6. The molecule has 0 saturated heterocycles. The highest BCUT2D eigenvalue weighted by Gasteiger charge is 2.01. The predicted octanol–water partition coefficient (Wildman–Crippen LogP) is 2.90. The Morgan fingerprint density at radius 2 is 1.41 bits per heavy atom. The number of aliphatic hydroxyl groups is 1. The lowest BCUT2D eigenvalue weighted by molar-refractivity contribution is -0.131. The van der Waals surface area contributed by atoms with Crippen LogP contribution >= 0.6 is 0 Å². The van der Waals surface area contributed by atoms with Crippen LogP contribution in [0.25, 0.3) is 12.2 Å². The van der Waals surface area contributed by atoms with Gasteiger partial charge in [0.15, 0.2) is 23.0 Å². The first-order valence-electron chi connectivity index (χ1n) is 7.83. The highest BCUT2D eigenvalue weighted by molar-refractivity contribution is 5.85. The molecule has 0 fully saturated rings. The van der Waals surface area contributed by atoms with Gasteiger partial charge in [-0.05, 0) is 41.5 Å². The number of carboxylic acids is 1. The number of carbonyl (C=O) groups is 1. The zero-order chi connectivity index (χ0) is 20.2. The largest absolute Gasteiger partial charge is 0.504 e. The van der Waals surface area contributed by atoms with Gasteiger partial charge in [-0.3, -0.25) is 0 Å². The van der Waals surface area contributed by atoms with Crippen LogP contribution in [0.4, 0.5) is 0 Å². The van der Waals surface area contributed by atoms with Crippen molar-refractivity contribution in [1.82, 2.24) is 0 Å². The molecule has 0 radical (unpaired) electrons. The van der Waals surface area contributed by atoms with Crippen LogP contribution in [-0.4, -0.2) is 47.2 Å². The summed E-state index contributed by atoms with van der Waals surface area (Å²) in [4.78, 5) is 10.2. The van der Waals surface area contributed by atoms with Crippen LogP contribution in [-0.2, 0) is 4.79 Å². The lowest BCUT2D eigenvalue weighted by Crippen LogP contribution is -1.87. The van der Waals surface area contributed by atoms with E-state index < -0.39 is 5.97 Å². The third kappa shape index (κ3) is 7.54. The number of aromatic hydroxyl groups is 2. The van der Waals surface area contributed by atoms with Gasteiger partial charge in [0.05, 0.1) is 20.8 Å². The third-order valence-corrected chi connectivity index (χ3v) is 3.24. The molecule has 144 valence electrons. The molecular formula is C20H22O7. The number of carboxylic acid groups (broad SMARTS) is 1. The van der Waals surface area contributed by atoms with E-state index in [1.54, 1.807) is 42.5 Å². The summed E-state index contributed by atoms with van der Waals surface area (Å²) in [6.07, 6.45) is 5.81. The monoisotopic (exact) mass is 374 g/mol. The minimum atomic E-state index is -1.02. The van der Waals surface area contributed by atoms with E-state index >= 15 is 0 Å². The second kappa shape index (κ2) is 11.2. The first-order valence-corrected chi connectivity index (χ1v) is 7.83. The van der Waals surface area contributed by atoms with Crippen molar-refractivity contribution < 1.29 is 34.7 Å². The SMILES string of the molecule is COc1cc(C=CC(=O)O)ccc1O.COc1cc(C=CCO)ccc1O. The fourth-order valence-electron chi connectivity index (χ4n) is 1.95. The maximum atomic E-state index is 10.2. The molecule has 0 saturated carbocycles. The molecule has 2 rings (SSSR count). The Kier molecular flexibility index (Phi) is 8.97. The van der Waals surface area contributed by atoms with Crippen LogP contribution in [0.3, 0.4) is 0 Å². The fourth-order valence-corrected chi connectivity index (χ4v) is 1.95. The van der Waals surface area contributed by atoms with Gasteiger partial charge in [-0.25, -0.2) is 4.79 Å². The quantitative estimate of drug-likeness (QED) is 0.575. The van der Waals surface area contributed by atoms with Crippen molar-refractivity contribution in [3.8, 4) is 23.0 Å². The number of hydrogen-bond donors (Lipinski definition) is 4. The van der Waals surface area contributed by atoms with E-state index in [4.69, 9.17) is 19.7 Å². The summed E-state index contributed by atoms with van der Waals surface area (Å²) in [5.74, 6) is -0.127. The second-order valence-corrected chi connectivity index (χ2v) is 5.12. The lowest BCUT2D eigenvalue weighted by atomic mass is 10.2. The number of hydrogen-bond acceptors (Lipinski definition) is 6. The summed E-state index contributed by atoms with van der Waals surface area (Å²) in [5.41, 5.74) is 1.53. The van der Waals surface area contributed by atoms with Crippen LogP contribution in [0.15, 0.2) is 48.6 Å². The van der Waals surface area contributed by atoms with E-state index in [1.165, 1.54) is 26.4 Å². The van der Waals surface area contributed by atoms with Crippen molar-refractivity contribution in [3.05, 3.63) is 59.7 Å². The molecule has 4 N–H and O–H groups in total. The molecule has 0 heterocycles. The Bertz CT molecular complexity index is 810. The van der Waals surface area contributed by atoms with E-state index in [0.29, 0.717) is 17.1 Å². The zero-order valence-electron chi connectivity index (χ0n) is 15.0. The molecule has 0 amide bonds. The van der Waals surface area contributed by atoms with Crippen LogP contribution in [0.1, 0.15) is 11.1 Å². The predicted molar refractivity (Wildman–Crippen MR) is 102 cm³/mol. The van der Waals surface area contributed by atoms with Crippen LogP contribution in [0.2, 0.25) is 0 Å². The molecule has 2 aromatic carbocycles. The van der Waals surface area contributed by atoms with Crippen molar-refractivity contribution in [2.45, 2.75) is 0 Å². The number of ether oxygens (including phenoxy) is 2. The highest BCUT2D eigenvalue weighted by Crippen LogP contribution is 2.27. The Morgan fingerprint density at radius 1 is 0.926 bits per heavy atom. The zero-order valence-corrected chi connectivity index (χ0v) is 15.0. The summed E-state index contributed by atoms with van der Waals surface area (Å²) in [7, 11) is 2.92. The van der Waals surface area contributed by atoms with E-state index in [1.807, 2.05) is 0 Å². The van der Waals surface area contributed by atoms with Gasteiger partial charge in [0.25, 0.3) is 0 Å². The number of phenolic OH excluding ortho intramolecular Hbond substituents is 2. The topological polar surface area (TPSA) is 116 Å². The highest BCUT2D eigenvalue weighted by atomic mass is 16.5. The molecule has 0 aliphatic carbocycles. The third-order valence-electron chi connectivity index (χ3n) is 3.24. The molecule has 0 bridgehead atoms. The van der Waals surface area contributed by atoms with E-state index in [0.717, 1.165) is 11.6 Å². The molecule has 0 spiro atoms. The van der Waals surface area contributed by atoms with Gasteiger partial charge in [0.1, 0.15) is 0 Å². The molecule has 0 aliphatic rings.